The maximum atomic E-state index is 12.5. The average molecular weight is 695 g/mol. The van der Waals surface area contributed by atoms with Crippen molar-refractivity contribution in [3.63, 3.8) is 0 Å². The van der Waals surface area contributed by atoms with E-state index in [-0.39, 0.29) is 15.9 Å². The molecule has 5 heterocycles. The van der Waals surface area contributed by atoms with Gasteiger partial charge in [-0.2, -0.15) is 8.42 Å². The minimum atomic E-state index is -4.62. The summed E-state index contributed by atoms with van der Waals surface area (Å²) in [6.07, 6.45) is 0. The number of fused-ring (bicyclic) bond motifs is 20. The number of halogens is 1. The summed E-state index contributed by atoms with van der Waals surface area (Å²) in [5.74, 6) is 1.60. The van der Waals surface area contributed by atoms with Crippen LogP contribution in [0.2, 0.25) is 0 Å². The summed E-state index contributed by atoms with van der Waals surface area (Å²) in [6, 6.07) is 27.6. The number of nitrogens with zero attached hydrogens (tertiary/aromatic N) is 6. The van der Waals surface area contributed by atoms with Crippen molar-refractivity contribution in [1.29, 1.82) is 0 Å². The van der Waals surface area contributed by atoms with Gasteiger partial charge in [-0.3, -0.25) is 4.55 Å². The van der Waals surface area contributed by atoms with Crippen LogP contribution in [0.25, 0.3) is 89.7 Å². The third-order valence-electron chi connectivity index (χ3n) is 7.82. The molecule has 9 rings (SSSR count). The second kappa shape index (κ2) is 10.9. The Labute approximate surface area is 274 Å². The van der Waals surface area contributed by atoms with Gasteiger partial charge in [0.05, 0.1) is 0 Å². The second-order valence-corrected chi connectivity index (χ2v) is 11.8. The molecule has 0 fully saturated rings. The molecule has 0 amide bonds. The first kappa shape index (κ1) is 28.5. The standard InChI is InChI=1S/C32H18N8O3S.ClH.Zn/c41-44(42,43)23-15-7-14-22-24(23)32-39-30-21-13-6-5-12-20(21)28(37-30)35-26-17-9-2-1-8-16(17)25(33-26)34-27-18-10-3-4-11-19(18)29(36-27)38-31(22)40-32;;/h1-15H,(H,41,42,43)(H2,33,34,35,36,37,38,39,40);1H;/q;;+2/p-1. The molecule has 3 aromatic heterocycles. The zero-order chi connectivity index (χ0) is 31.6. The summed E-state index contributed by atoms with van der Waals surface area (Å²) in [6.45, 7) is 0. The molecule has 14 heteroatoms. The third-order valence-corrected chi connectivity index (χ3v) is 8.72. The molecule has 7 aromatic rings. The molecule has 0 saturated carbocycles. The van der Waals surface area contributed by atoms with Gasteiger partial charge in [-0.15, -0.1) is 0 Å². The molecule has 0 aliphatic carbocycles. The molecule has 3 N–H and O–H groups in total. The van der Waals surface area contributed by atoms with E-state index in [1.54, 1.807) is 12.1 Å². The van der Waals surface area contributed by atoms with Crippen molar-refractivity contribution in [2.75, 3.05) is 0 Å². The fourth-order valence-corrected chi connectivity index (χ4v) is 6.59. The SMILES string of the molecule is O=S(=O)(O)c1cccc2c3nc4nc(nc5[nH]c(nc6nc(nc([nH]3)c12)-c1ccccc1-6)c1ccccc51)-c1ccccc1-4.[Cl][Zn+]. The molecule has 218 valence electrons. The van der Waals surface area contributed by atoms with E-state index in [4.69, 9.17) is 39.6 Å². The first-order valence-corrected chi connectivity index (χ1v) is 19.2. The van der Waals surface area contributed by atoms with E-state index in [1.807, 2.05) is 72.8 Å². The first-order valence-electron chi connectivity index (χ1n) is 13.9. The zero-order valence-corrected chi connectivity index (χ0v) is 28.1. The van der Waals surface area contributed by atoms with Gasteiger partial charge in [0.1, 0.15) is 27.5 Å². The number of H-pyrrole nitrogens is 2. The maximum absolute atomic E-state index is 12.5. The van der Waals surface area contributed by atoms with E-state index in [0.29, 0.717) is 45.6 Å². The van der Waals surface area contributed by atoms with Gasteiger partial charge in [-0.05, 0) is 6.07 Å². The summed E-state index contributed by atoms with van der Waals surface area (Å²) in [5, 5.41) is 2.36. The molecule has 8 bridgehead atoms. The molecule has 46 heavy (non-hydrogen) atoms. The Morgan fingerprint density at radius 1 is 0.500 bits per heavy atom. The predicted molar refractivity (Wildman–Crippen MR) is 172 cm³/mol. The van der Waals surface area contributed by atoms with Gasteiger partial charge in [0.15, 0.2) is 23.3 Å². The number of aromatic amines is 2. The van der Waals surface area contributed by atoms with E-state index >= 15 is 0 Å². The normalized spacial score (nSPS) is 12.0. The number of nitrogens with one attached hydrogen (secondary N) is 2. The van der Waals surface area contributed by atoms with Crippen LogP contribution < -0.4 is 0 Å². The molecule has 0 spiro atoms. The molecule has 4 aromatic carbocycles. The van der Waals surface area contributed by atoms with Crippen LogP contribution in [0, 0.1) is 0 Å². The Balaban J connectivity index is 0.00000153. The van der Waals surface area contributed by atoms with Crippen LogP contribution in [0.4, 0.5) is 0 Å². The molecule has 0 atom stereocenters. The predicted octanol–water partition coefficient (Wildman–Crippen LogP) is 6.80. The Morgan fingerprint density at radius 2 is 0.870 bits per heavy atom. The van der Waals surface area contributed by atoms with Crippen molar-refractivity contribution in [3.05, 3.63) is 91.0 Å². The Morgan fingerprint density at radius 3 is 1.33 bits per heavy atom. The van der Waals surface area contributed by atoms with Gasteiger partial charge in [0.2, 0.25) is 0 Å². The van der Waals surface area contributed by atoms with Gasteiger partial charge in [-0.25, -0.2) is 29.9 Å². The van der Waals surface area contributed by atoms with E-state index in [0.717, 1.165) is 50.3 Å². The van der Waals surface area contributed by atoms with E-state index in [9.17, 15) is 13.0 Å². The van der Waals surface area contributed by atoms with E-state index in [2.05, 4.69) is 9.97 Å². The number of rotatable bonds is 1. The van der Waals surface area contributed by atoms with Crippen LogP contribution in [0.3, 0.4) is 0 Å². The van der Waals surface area contributed by atoms with Crippen molar-refractivity contribution >= 4 is 63.9 Å². The van der Waals surface area contributed by atoms with Crippen molar-refractivity contribution in [2.45, 2.75) is 4.90 Å². The Bertz CT molecular complexity index is 2670. The van der Waals surface area contributed by atoms with E-state index < -0.39 is 10.1 Å². The van der Waals surface area contributed by atoms with Crippen molar-refractivity contribution in [2.24, 2.45) is 0 Å². The van der Waals surface area contributed by atoms with Crippen LogP contribution >= 0.6 is 9.69 Å². The van der Waals surface area contributed by atoms with Crippen LogP contribution in [-0.2, 0) is 27.4 Å². The van der Waals surface area contributed by atoms with Crippen LogP contribution in [0.1, 0.15) is 0 Å². The second-order valence-electron chi connectivity index (χ2n) is 10.4. The van der Waals surface area contributed by atoms with Crippen molar-refractivity contribution in [3.8, 4) is 45.6 Å². The molecule has 2 aliphatic rings. The third kappa shape index (κ3) is 4.51. The fraction of sp³-hybridized carbons (Fsp3) is 0. The van der Waals surface area contributed by atoms with Gasteiger partial charge >= 0.3 is 27.0 Å². The number of benzene rings is 4. The number of hydrogen-bond acceptors (Lipinski definition) is 8. The van der Waals surface area contributed by atoms with Crippen molar-refractivity contribution < 1.29 is 30.3 Å². The molecule has 0 saturated heterocycles. The summed E-state index contributed by atoms with van der Waals surface area (Å²) in [5.41, 5.74) is 4.68. The molecule has 0 radical (unpaired) electrons. The molecular formula is C32H18ClN8O3SZn+. The average Bonchev–Trinajstić information content (AvgIpc) is 3.81. The van der Waals surface area contributed by atoms with Gasteiger partial charge < -0.3 is 9.97 Å². The summed E-state index contributed by atoms with van der Waals surface area (Å²) < 4.78 is 35.2. The molecule has 2 aliphatic heterocycles. The van der Waals surface area contributed by atoms with Crippen LogP contribution in [-0.4, -0.2) is 52.8 Å². The topological polar surface area (TPSA) is 163 Å². The molecule has 0 unspecified atom stereocenters. The summed E-state index contributed by atoms with van der Waals surface area (Å²) >= 11 is 0.847. The Kier molecular flexibility index (Phi) is 6.73. The quantitative estimate of drug-likeness (QED) is 0.124. The number of hydrogen-bond donors (Lipinski definition) is 3. The Hall–Kier alpha value is -4.94. The van der Waals surface area contributed by atoms with Gasteiger partial charge in [-0.1, -0.05) is 84.9 Å². The zero-order valence-electron chi connectivity index (χ0n) is 23.6. The fourth-order valence-electron chi connectivity index (χ4n) is 5.87. The summed E-state index contributed by atoms with van der Waals surface area (Å²) in [7, 11) is 0.148. The van der Waals surface area contributed by atoms with Crippen molar-refractivity contribution in [1.82, 2.24) is 39.9 Å². The van der Waals surface area contributed by atoms with Crippen LogP contribution in [0.5, 0.6) is 0 Å². The van der Waals surface area contributed by atoms with Gasteiger partial charge in [0.25, 0.3) is 10.1 Å². The molecular weight excluding hydrogens is 677 g/mol. The van der Waals surface area contributed by atoms with E-state index in [1.165, 1.54) is 6.07 Å². The van der Waals surface area contributed by atoms with Gasteiger partial charge in [0, 0.05) is 43.8 Å². The number of aromatic nitrogens is 8. The minimum absolute atomic E-state index is 0.169. The summed E-state index contributed by atoms with van der Waals surface area (Å²) in [4.78, 5) is 35.4. The first-order chi connectivity index (χ1) is 22.4. The van der Waals surface area contributed by atoms with Crippen LogP contribution in [0.15, 0.2) is 95.9 Å². The molecule has 11 nitrogen and oxygen atoms in total. The monoisotopic (exact) mass is 693 g/mol.